The van der Waals surface area contributed by atoms with E-state index in [0.717, 1.165) is 45.3 Å². The van der Waals surface area contributed by atoms with E-state index < -0.39 is 5.60 Å². The van der Waals surface area contributed by atoms with Gasteiger partial charge in [0.2, 0.25) is 5.91 Å². The molecule has 1 saturated heterocycles. The lowest BCUT2D eigenvalue weighted by Crippen LogP contribution is -2.44. The van der Waals surface area contributed by atoms with Gasteiger partial charge in [-0.05, 0) is 44.1 Å². The largest absolute Gasteiger partial charge is 0.389 e. The fourth-order valence-electron chi connectivity index (χ4n) is 4.01. The molecule has 0 aromatic heterocycles. The Kier molecular flexibility index (Phi) is 6.69. The van der Waals surface area contributed by atoms with Crippen molar-refractivity contribution < 1.29 is 9.90 Å². The number of carbonyl (C=O) groups is 1. The predicted octanol–water partition coefficient (Wildman–Crippen LogP) is 2.56. The molecule has 1 unspecified atom stereocenters. The molecule has 2 rings (SSSR count). The molecule has 128 valence electrons. The first kappa shape index (κ1) is 17.7. The molecule has 2 N–H and O–H groups in total. The van der Waals surface area contributed by atoms with E-state index in [1.807, 2.05) is 0 Å². The summed E-state index contributed by atoms with van der Waals surface area (Å²) in [5.74, 6) is 1.30. The average molecular weight is 310 g/mol. The van der Waals surface area contributed by atoms with Gasteiger partial charge >= 0.3 is 0 Å². The smallest absolute Gasteiger partial charge is 0.222 e. The van der Waals surface area contributed by atoms with Crippen molar-refractivity contribution in [1.29, 1.82) is 0 Å². The maximum Gasteiger partial charge on any atom is 0.222 e. The van der Waals surface area contributed by atoms with E-state index in [9.17, 15) is 9.90 Å². The Balaban J connectivity index is 1.69. The second-order valence-electron chi connectivity index (χ2n) is 7.93. The molecule has 4 nitrogen and oxygen atoms in total. The molecule has 1 amide bonds. The number of nitrogens with one attached hydrogen (secondary N) is 1. The number of nitrogens with zero attached hydrogens (tertiary/aromatic N) is 1. The first-order valence-corrected chi connectivity index (χ1v) is 9.18. The molecule has 1 heterocycles. The lowest BCUT2D eigenvalue weighted by molar-refractivity contribution is -0.127. The van der Waals surface area contributed by atoms with Crippen LogP contribution in [0.5, 0.6) is 0 Å². The van der Waals surface area contributed by atoms with Crippen LogP contribution < -0.4 is 5.32 Å². The minimum Gasteiger partial charge on any atom is -0.389 e. The van der Waals surface area contributed by atoms with Crippen LogP contribution in [0.15, 0.2) is 0 Å². The summed E-state index contributed by atoms with van der Waals surface area (Å²) in [6, 6.07) is 0. The lowest BCUT2D eigenvalue weighted by Gasteiger charge is -2.34. The lowest BCUT2D eigenvalue weighted by atomic mass is 9.82. The van der Waals surface area contributed by atoms with E-state index in [2.05, 4.69) is 24.1 Å². The number of piperidine rings is 1. The van der Waals surface area contributed by atoms with Gasteiger partial charge in [0.15, 0.2) is 0 Å². The molecule has 4 heteroatoms. The summed E-state index contributed by atoms with van der Waals surface area (Å²) in [4.78, 5) is 14.7. The van der Waals surface area contributed by atoms with Crippen molar-refractivity contribution in [2.45, 2.75) is 70.8 Å². The van der Waals surface area contributed by atoms with Gasteiger partial charge in [-0.1, -0.05) is 33.1 Å². The van der Waals surface area contributed by atoms with Crippen LogP contribution in [0.4, 0.5) is 0 Å². The highest BCUT2D eigenvalue weighted by Gasteiger charge is 2.31. The third-order valence-corrected chi connectivity index (χ3v) is 5.09. The molecule has 0 aromatic carbocycles. The minimum absolute atomic E-state index is 0.0328. The standard InChI is InChI=1S/C18H34N2O2/c1-15(2)13-20-10-6-7-16(14-20)12-19-17(21)11-18(22)8-4-3-5-9-18/h15-16,22H,3-14H2,1-2H3,(H,19,21). The molecule has 0 spiro atoms. The summed E-state index contributed by atoms with van der Waals surface area (Å²) in [6.45, 7) is 8.74. The summed E-state index contributed by atoms with van der Waals surface area (Å²) >= 11 is 0. The molecule has 1 aliphatic heterocycles. The van der Waals surface area contributed by atoms with Crippen LogP contribution in [0.25, 0.3) is 0 Å². The third-order valence-electron chi connectivity index (χ3n) is 5.09. The van der Waals surface area contributed by atoms with Crippen LogP contribution in [0, 0.1) is 11.8 Å². The van der Waals surface area contributed by atoms with Gasteiger partial charge in [0, 0.05) is 19.6 Å². The van der Waals surface area contributed by atoms with Gasteiger partial charge < -0.3 is 15.3 Å². The summed E-state index contributed by atoms with van der Waals surface area (Å²) < 4.78 is 0. The number of likely N-dealkylation sites (tertiary alicyclic amines) is 1. The van der Waals surface area contributed by atoms with E-state index in [0.29, 0.717) is 11.8 Å². The molecular formula is C18H34N2O2. The maximum absolute atomic E-state index is 12.1. The Morgan fingerprint density at radius 2 is 2.00 bits per heavy atom. The minimum atomic E-state index is -0.738. The normalized spacial score (nSPS) is 26.1. The van der Waals surface area contributed by atoms with Crippen molar-refractivity contribution in [3.05, 3.63) is 0 Å². The van der Waals surface area contributed by atoms with Gasteiger partial charge in [0.05, 0.1) is 12.0 Å². The first-order chi connectivity index (χ1) is 10.5. The quantitative estimate of drug-likeness (QED) is 0.793. The second kappa shape index (κ2) is 8.30. The predicted molar refractivity (Wildman–Crippen MR) is 89.7 cm³/mol. The zero-order valence-electron chi connectivity index (χ0n) is 14.4. The zero-order valence-corrected chi connectivity index (χ0v) is 14.4. The Hall–Kier alpha value is -0.610. The van der Waals surface area contributed by atoms with Crippen molar-refractivity contribution in [3.63, 3.8) is 0 Å². The number of hydrogen-bond donors (Lipinski definition) is 2. The van der Waals surface area contributed by atoms with Crippen LogP contribution in [-0.4, -0.2) is 47.7 Å². The molecule has 2 aliphatic rings. The highest BCUT2D eigenvalue weighted by atomic mass is 16.3. The van der Waals surface area contributed by atoms with E-state index in [1.54, 1.807) is 0 Å². The fourth-order valence-corrected chi connectivity index (χ4v) is 4.01. The van der Waals surface area contributed by atoms with Crippen molar-refractivity contribution in [3.8, 4) is 0 Å². The molecule has 0 radical (unpaired) electrons. The number of rotatable bonds is 6. The summed E-state index contributed by atoms with van der Waals surface area (Å²) in [5, 5.41) is 13.5. The molecule has 1 aliphatic carbocycles. The molecule has 0 bridgehead atoms. The van der Waals surface area contributed by atoms with Crippen LogP contribution in [-0.2, 0) is 4.79 Å². The van der Waals surface area contributed by atoms with Crippen LogP contribution >= 0.6 is 0 Å². The Morgan fingerprint density at radius 1 is 1.27 bits per heavy atom. The first-order valence-electron chi connectivity index (χ1n) is 9.18. The van der Waals surface area contributed by atoms with Crippen molar-refractivity contribution in [1.82, 2.24) is 10.2 Å². The Labute approximate surface area is 135 Å². The molecule has 1 atom stereocenters. The van der Waals surface area contributed by atoms with Crippen molar-refractivity contribution in [2.75, 3.05) is 26.2 Å². The maximum atomic E-state index is 12.1. The average Bonchev–Trinajstić information content (AvgIpc) is 2.45. The molecular weight excluding hydrogens is 276 g/mol. The third kappa shape index (κ3) is 5.88. The van der Waals surface area contributed by atoms with Gasteiger partial charge in [-0.2, -0.15) is 0 Å². The monoisotopic (exact) mass is 310 g/mol. The van der Waals surface area contributed by atoms with Gasteiger partial charge in [0.25, 0.3) is 0 Å². The van der Waals surface area contributed by atoms with Gasteiger partial charge in [-0.25, -0.2) is 0 Å². The van der Waals surface area contributed by atoms with Crippen molar-refractivity contribution in [2.24, 2.45) is 11.8 Å². The molecule has 1 saturated carbocycles. The number of aliphatic hydroxyl groups is 1. The summed E-state index contributed by atoms with van der Waals surface area (Å²) in [5.41, 5.74) is -0.738. The Bertz CT molecular complexity index is 351. The molecule has 0 aromatic rings. The van der Waals surface area contributed by atoms with Crippen molar-refractivity contribution >= 4 is 5.91 Å². The van der Waals surface area contributed by atoms with Gasteiger partial charge in [-0.3, -0.25) is 4.79 Å². The summed E-state index contributed by atoms with van der Waals surface area (Å²) in [7, 11) is 0. The van der Waals surface area contributed by atoms with Crippen LogP contribution in [0.2, 0.25) is 0 Å². The second-order valence-corrected chi connectivity index (χ2v) is 7.93. The van der Waals surface area contributed by atoms with Gasteiger partial charge in [0.1, 0.15) is 0 Å². The highest BCUT2D eigenvalue weighted by Crippen LogP contribution is 2.30. The topological polar surface area (TPSA) is 52.6 Å². The van der Waals surface area contributed by atoms with Crippen LogP contribution in [0.3, 0.4) is 0 Å². The van der Waals surface area contributed by atoms with E-state index in [4.69, 9.17) is 0 Å². The number of carbonyl (C=O) groups excluding carboxylic acids is 1. The molecule has 2 fully saturated rings. The number of amides is 1. The highest BCUT2D eigenvalue weighted by molar-refractivity contribution is 5.77. The van der Waals surface area contributed by atoms with E-state index in [-0.39, 0.29) is 12.3 Å². The Morgan fingerprint density at radius 3 is 2.68 bits per heavy atom. The van der Waals surface area contributed by atoms with Gasteiger partial charge in [-0.15, -0.1) is 0 Å². The SMILES string of the molecule is CC(C)CN1CCCC(CNC(=O)CC2(O)CCCCC2)C1. The summed E-state index contributed by atoms with van der Waals surface area (Å²) in [6.07, 6.45) is 7.59. The molecule has 22 heavy (non-hydrogen) atoms. The van der Waals surface area contributed by atoms with E-state index >= 15 is 0 Å². The number of hydrogen-bond acceptors (Lipinski definition) is 3. The van der Waals surface area contributed by atoms with Crippen LogP contribution in [0.1, 0.15) is 65.2 Å². The zero-order chi connectivity index (χ0) is 16.0. The fraction of sp³-hybridized carbons (Fsp3) is 0.944. The van der Waals surface area contributed by atoms with E-state index in [1.165, 1.54) is 25.8 Å².